The van der Waals surface area contributed by atoms with Crippen molar-refractivity contribution in [1.29, 1.82) is 0 Å². The zero-order valence-electron chi connectivity index (χ0n) is 14.9. The van der Waals surface area contributed by atoms with Crippen LogP contribution < -0.4 is 0 Å². The first-order chi connectivity index (χ1) is 10.9. The lowest BCUT2D eigenvalue weighted by atomic mass is 9.88. The van der Waals surface area contributed by atoms with E-state index in [2.05, 4.69) is 37.7 Å². The van der Waals surface area contributed by atoms with Gasteiger partial charge in [0.25, 0.3) is 5.91 Å². The second kappa shape index (κ2) is 8.27. The molecule has 0 saturated carbocycles. The third-order valence-corrected chi connectivity index (χ3v) is 5.19. The minimum Gasteiger partial charge on any atom is -0.376 e. The summed E-state index contributed by atoms with van der Waals surface area (Å²) in [4.78, 5) is 17.9. The van der Waals surface area contributed by atoms with Crippen molar-refractivity contribution >= 4 is 17.2 Å². The van der Waals surface area contributed by atoms with E-state index in [1.165, 1.54) is 11.3 Å². The van der Waals surface area contributed by atoms with Gasteiger partial charge in [-0.1, -0.05) is 6.07 Å². The van der Waals surface area contributed by atoms with Gasteiger partial charge < -0.3 is 14.5 Å². The average Bonchev–Trinajstić information content (AvgIpc) is 2.98. The first-order valence-corrected chi connectivity index (χ1v) is 9.37. The van der Waals surface area contributed by atoms with Crippen LogP contribution in [0.3, 0.4) is 0 Å². The van der Waals surface area contributed by atoms with Crippen molar-refractivity contribution < 1.29 is 9.53 Å². The summed E-state index contributed by atoms with van der Waals surface area (Å²) in [5.41, 5.74) is -0.0653. The molecular formula is C18H30N2O2S. The van der Waals surface area contributed by atoms with Crippen LogP contribution in [0.1, 0.15) is 42.8 Å². The van der Waals surface area contributed by atoms with Crippen LogP contribution in [-0.2, 0) is 4.74 Å². The Hall–Kier alpha value is -0.910. The molecule has 2 rings (SSSR count). The molecule has 130 valence electrons. The van der Waals surface area contributed by atoms with Crippen molar-refractivity contribution in [3.63, 3.8) is 0 Å². The molecular weight excluding hydrogens is 308 g/mol. The zero-order chi connectivity index (χ0) is 16.9. The fourth-order valence-electron chi connectivity index (χ4n) is 3.24. The highest BCUT2D eigenvalue weighted by molar-refractivity contribution is 7.12. The lowest BCUT2D eigenvalue weighted by Crippen LogP contribution is -2.42. The second-order valence-corrected chi connectivity index (χ2v) is 8.30. The number of thiophene rings is 1. The maximum Gasteiger partial charge on any atom is 0.263 e. The molecule has 5 heteroatoms. The number of hydrogen-bond acceptors (Lipinski definition) is 4. The van der Waals surface area contributed by atoms with Gasteiger partial charge in [-0.05, 0) is 71.1 Å². The van der Waals surface area contributed by atoms with Crippen molar-refractivity contribution in [1.82, 2.24) is 9.80 Å². The maximum atomic E-state index is 12.8. The molecule has 1 aromatic rings. The molecule has 1 aromatic heterocycles. The molecule has 2 heterocycles. The fourth-order valence-corrected chi connectivity index (χ4v) is 3.93. The summed E-state index contributed by atoms with van der Waals surface area (Å²) in [5, 5.41) is 1.97. The van der Waals surface area contributed by atoms with E-state index >= 15 is 0 Å². The Kier molecular flexibility index (Phi) is 6.62. The summed E-state index contributed by atoms with van der Waals surface area (Å²) >= 11 is 1.53. The van der Waals surface area contributed by atoms with Gasteiger partial charge in [0.15, 0.2) is 0 Å². The van der Waals surface area contributed by atoms with Crippen molar-refractivity contribution in [2.24, 2.45) is 5.92 Å². The number of rotatable bonds is 7. The van der Waals surface area contributed by atoms with E-state index in [1.54, 1.807) is 0 Å². The van der Waals surface area contributed by atoms with Crippen molar-refractivity contribution in [2.75, 3.05) is 40.3 Å². The first-order valence-electron chi connectivity index (χ1n) is 8.49. The topological polar surface area (TPSA) is 32.8 Å². The number of hydrogen-bond donors (Lipinski definition) is 0. The second-order valence-electron chi connectivity index (χ2n) is 7.35. The molecule has 1 amide bonds. The summed E-state index contributed by atoms with van der Waals surface area (Å²) in [6, 6.07) is 3.88. The normalized spacial score (nSPS) is 20.7. The van der Waals surface area contributed by atoms with Gasteiger partial charge in [0, 0.05) is 19.7 Å². The zero-order valence-corrected chi connectivity index (χ0v) is 15.7. The minimum absolute atomic E-state index is 0.0653. The third kappa shape index (κ3) is 5.90. The van der Waals surface area contributed by atoms with Crippen LogP contribution in [0.5, 0.6) is 0 Å². The van der Waals surface area contributed by atoms with Gasteiger partial charge in [-0.15, -0.1) is 11.3 Å². The Balaban J connectivity index is 1.99. The van der Waals surface area contributed by atoms with E-state index in [-0.39, 0.29) is 11.5 Å². The molecule has 0 aromatic carbocycles. The van der Waals surface area contributed by atoms with Crippen LogP contribution in [0.4, 0.5) is 0 Å². The number of nitrogens with zero attached hydrogens (tertiary/aromatic N) is 2. The lowest BCUT2D eigenvalue weighted by Gasteiger charge is -2.38. The largest absolute Gasteiger partial charge is 0.376 e. The van der Waals surface area contributed by atoms with E-state index in [0.717, 1.165) is 50.4 Å². The molecule has 0 spiro atoms. The molecule has 1 unspecified atom stereocenters. The maximum absolute atomic E-state index is 12.8. The molecule has 0 N–H and O–H groups in total. The van der Waals surface area contributed by atoms with Crippen molar-refractivity contribution in [3.8, 4) is 0 Å². The number of carbonyl (C=O) groups is 1. The van der Waals surface area contributed by atoms with Crippen molar-refractivity contribution in [3.05, 3.63) is 22.4 Å². The predicted octanol–water partition coefficient (Wildman–Crippen LogP) is 3.35. The van der Waals surface area contributed by atoms with Gasteiger partial charge >= 0.3 is 0 Å². The Labute approximate surface area is 144 Å². The van der Waals surface area contributed by atoms with Crippen LogP contribution in [0.25, 0.3) is 0 Å². The van der Waals surface area contributed by atoms with Crippen LogP contribution in [0.2, 0.25) is 0 Å². The molecule has 4 nitrogen and oxygen atoms in total. The summed E-state index contributed by atoms with van der Waals surface area (Å²) in [5.74, 6) is 0.713. The van der Waals surface area contributed by atoms with Crippen LogP contribution in [-0.4, -0.2) is 61.6 Å². The molecule has 0 aliphatic carbocycles. The van der Waals surface area contributed by atoms with Crippen LogP contribution in [0.15, 0.2) is 17.5 Å². The fraction of sp³-hybridized carbons (Fsp3) is 0.722. The van der Waals surface area contributed by atoms with Crippen LogP contribution in [0, 0.1) is 5.92 Å². The Morgan fingerprint density at radius 2 is 2.17 bits per heavy atom. The smallest absolute Gasteiger partial charge is 0.263 e. The van der Waals surface area contributed by atoms with Gasteiger partial charge in [-0.2, -0.15) is 0 Å². The minimum atomic E-state index is -0.0653. The summed E-state index contributed by atoms with van der Waals surface area (Å²) in [7, 11) is 4.15. The Bertz CT molecular complexity index is 485. The van der Waals surface area contributed by atoms with Gasteiger partial charge in [-0.25, -0.2) is 0 Å². The molecule has 23 heavy (non-hydrogen) atoms. The van der Waals surface area contributed by atoms with Gasteiger partial charge in [0.2, 0.25) is 0 Å². The molecule has 0 radical (unpaired) electrons. The third-order valence-electron chi connectivity index (χ3n) is 4.33. The molecule has 1 aliphatic heterocycles. The van der Waals surface area contributed by atoms with Crippen LogP contribution >= 0.6 is 11.3 Å². The quantitative estimate of drug-likeness (QED) is 0.764. The highest BCUT2D eigenvalue weighted by Crippen LogP contribution is 2.29. The van der Waals surface area contributed by atoms with E-state index < -0.39 is 0 Å². The highest BCUT2D eigenvalue weighted by atomic mass is 32.1. The van der Waals surface area contributed by atoms with Gasteiger partial charge in [0.05, 0.1) is 10.5 Å². The van der Waals surface area contributed by atoms with Gasteiger partial charge in [0.1, 0.15) is 0 Å². The first kappa shape index (κ1) is 18.4. The standard InChI is InChI=1S/C18H30N2O2S/c1-18(2)13-15(8-11-22-18)14-20(10-6-9-19(3)4)17(21)16-7-5-12-23-16/h5,7,12,15H,6,8-11,13-14H2,1-4H3. The number of carbonyl (C=O) groups excluding carboxylic acids is 1. The van der Waals surface area contributed by atoms with Gasteiger partial charge in [-0.3, -0.25) is 4.79 Å². The molecule has 1 fully saturated rings. The highest BCUT2D eigenvalue weighted by Gasteiger charge is 2.31. The van der Waals surface area contributed by atoms with E-state index in [9.17, 15) is 4.79 Å². The SMILES string of the molecule is CN(C)CCCN(CC1CCOC(C)(C)C1)C(=O)c1cccs1. The molecule has 1 atom stereocenters. The van der Waals surface area contributed by atoms with E-state index in [1.807, 2.05) is 17.5 Å². The van der Waals surface area contributed by atoms with E-state index in [0.29, 0.717) is 5.92 Å². The summed E-state index contributed by atoms with van der Waals surface area (Å²) in [6.45, 7) is 7.78. The summed E-state index contributed by atoms with van der Waals surface area (Å²) in [6.07, 6.45) is 3.08. The Morgan fingerprint density at radius 3 is 2.78 bits per heavy atom. The lowest BCUT2D eigenvalue weighted by molar-refractivity contribution is -0.0757. The predicted molar refractivity (Wildman–Crippen MR) is 96.1 cm³/mol. The molecule has 1 saturated heterocycles. The monoisotopic (exact) mass is 338 g/mol. The molecule has 1 aliphatic rings. The number of amides is 1. The average molecular weight is 339 g/mol. The number of ether oxygens (including phenoxy) is 1. The van der Waals surface area contributed by atoms with Crippen molar-refractivity contribution in [2.45, 2.75) is 38.7 Å². The molecule has 0 bridgehead atoms. The Morgan fingerprint density at radius 1 is 1.39 bits per heavy atom. The van der Waals surface area contributed by atoms with E-state index in [4.69, 9.17) is 4.74 Å². The summed E-state index contributed by atoms with van der Waals surface area (Å²) < 4.78 is 5.81.